The van der Waals surface area contributed by atoms with E-state index in [0.29, 0.717) is 0 Å². The first kappa shape index (κ1) is 8.61. The Morgan fingerprint density at radius 1 is 1.11 bits per heavy atom. The molecule has 0 amide bonds. The molecule has 3 radical (unpaired) electrons. The number of hydrogen-bond donors (Lipinski definition) is 0. The zero-order chi connectivity index (χ0) is 7.65. The summed E-state index contributed by atoms with van der Waals surface area (Å²) in [6.45, 7) is 0. The summed E-state index contributed by atoms with van der Waals surface area (Å²) in [7, 11) is 1.74. The van der Waals surface area contributed by atoms with E-state index in [1.165, 1.54) is 0 Å². The third kappa shape index (κ3) is 2.59. The molecule has 0 N–H and O–H groups in total. The fraction of sp³-hybridized carbons (Fsp3) is 0.333. The third-order valence-corrected chi connectivity index (χ3v) is 0.661. The molecule has 0 saturated carbocycles. The topological polar surface area (TPSA) is 0 Å². The smallest absolute Gasteiger partial charge is 0.215 e. The molecule has 0 aliphatic heterocycles. The van der Waals surface area contributed by atoms with Crippen molar-refractivity contribution in [3.8, 4) is 0 Å². The highest BCUT2D eigenvalue weighted by atomic mass is 28.1. The predicted molar refractivity (Wildman–Crippen MR) is 21.1 cm³/mol. The van der Waals surface area contributed by atoms with Crippen LogP contribution in [0.2, 0.25) is 0 Å². The maximum Gasteiger partial charge on any atom is 0.445 e. The van der Waals surface area contributed by atoms with E-state index in [9.17, 15) is 22.0 Å². The fourth-order valence-electron chi connectivity index (χ4n) is 0.124. The molecule has 0 unspecified atom stereocenters. The van der Waals surface area contributed by atoms with Crippen LogP contribution in [0.1, 0.15) is 0 Å². The van der Waals surface area contributed by atoms with E-state index < -0.39 is 17.5 Å². The number of halogens is 5. The molecule has 0 aliphatic carbocycles. The largest absolute Gasteiger partial charge is 0.445 e. The summed E-state index contributed by atoms with van der Waals surface area (Å²) < 4.78 is 55.6. The van der Waals surface area contributed by atoms with Gasteiger partial charge in [0.1, 0.15) is 15.7 Å². The van der Waals surface area contributed by atoms with Gasteiger partial charge in [-0.2, -0.15) is 17.6 Å². The quantitative estimate of drug-likeness (QED) is 0.373. The number of alkyl halides is 3. The van der Waals surface area contributed by atoms with E-state index in [-0.39, 0.29) is 0 Å². The summed E-state index contributed by atoms with van der Waals surface area (Å²) in [6.07, 6.45) is -5.23. The van der Waals surface area contributed by atoms with E-state index in [4.69, 9.17) is 0 Å². The van der Waals surface area contributed by atoms with Crippen LogP contribution < -0.4 is 0 Å². The summed E-state index contributed by atoms with van der Waals surface area (Å²) >= 11 is 0. The van der Waals surface area contributed by atoms with Gasteiger partial charge < -0.3 is 0 Å². The van der Waals surface area contributed by atoms with E-state index in [1.807, 2.05) is 0 Å². The molecule has 0 aromatic rings. The second-order valence-electron chi connectivity index (χ2n) is 1.13. The minimum absolute atomic E-state index is 1.74. The second-order valence-corrected chi connectivity index (χ2v) is 1.56. The highest BCUT2D eigenvalue weighted by Crippen LogP contribution is 2.28. The van der Waals surface area contributed by atoms with Crippen molar-refractivity contribution in [2.45, 2.75) is 6.18 Å². The van der Waals surface area contributed by atoms with Gasteiger partial charge in [-0.3, -0.25) is 0 Å². The van der Waals surface area contributed by atoms with Crippen molar-refractivity contribution in [2.24, 2.45) is 0 Å². The van der Waals surface area contributed by atoms with Crippen molar-refractivity contribution in [3.05, 3.63) is 11.3 Å². The van der Waals surface area contributed by atoms with Gasteiger partial charge in [0.15, 0.2) is 0 Å². The zero-order valence-corrected chi connectivity index (χ0v) is 4.89. The first-order valence-corrected chi connectivity index (χ1v) is 2.19. The van der Waals surface area contributed by atoms with Crippen molar-refractivity contribution in [1.29, 1.82) is 0 Å². The van der Waals surface area contributed by atoms with Gasteiger partial charge in [0.25, 0.3) is 0 Å². The van der Waals surface area contributed by atoms with Crippen LogP contribution in [0.3, 0.4) is 0 Å². The first-order chi connectivity index (χ1) is 3.85. The van der Waals surface area contributed by atoms with E-state index in [0.717, 1.165) is 0 Å². The molecule has 0 fully saturated rings. The van der Waals surface area contributed by atoms with Gasteiger partial charge in [0.2, 0.25) is 5.83 Å². The highest BCUT2D eigenvalue weighted by molar-refractivity contribution is 6.20. The van der Waals surface area contributed by atoms with Crippen molar-refractivity contribution in [1.82, 2.24) is 0 Å². The van der Waals surface area contributed by atoms with Crippen molar-refractivity contribution < 1.29 is 22.0 Å². The molecule has 0 aromatic carbocycles. The van der Waals surface area contributed by atoms with Gasteiger partial charge in [0.05, 0.1) is 0 Å². The predicted octanol–water partition coefficient (Wildman–Crippen LogP) is 1.83. The minimum atomic E-state index is -5.23. The summed E-state index contributed by atoms with van der Waals surface area (Å²) in [5.41, 5.74) is -2.04. The Balaban J connectivity index is 4.40. The van der Waals surface area contributed by atoms with Crippen molar-refractivity contribution in [3.63, 3.8) is 0 Å². The van der Waals surface area contributed by atoms with Crippen molar-refractivity contribution >= 4 is 10.2 Å². The van der Waals surface area contributed by atoms with Crippen LogP contribution in [-0.4, -0.2) is 16.4 Å². The summed E-state index contributed by atoms with van der Waals surface area (Å²) in [6, 6.07) is 0. The Labute approximate surface area is 50.8 Å². The molecule has 0 bridgehead atoms. The SMILES string of the molecule is F/C([Si])=C(/F)C(F)(F)F. The van der Waals surface area contributed by atoms with E-state index in [2.05, 4.69) is 0 Å². The number of hydrogen-bond acceptors (Lipinski definition) is 0. The average Bonchev–Trinajstić information content (AvgIpc) is 1.62. The molecule has 0 aliphatic rings. The zero-order valence-electron chi connectivity index (χ0n) is 3.89. The molecular formula is C3F5Si. The highest BCUT2D eigenvalue weighted by Gasteiger charge is 2.36. The lowest BCUT2D eigenvalue weighted by Crippen LogP contribution is -2.09. The molecule has 0 saturated heterocycles. The third-order valence-electron chi connectivity index (χ3n) is 0.442. The monoisotopic (exact) mass is 159 g/mol. The second kappa shape index (κ2) is 2.46. The van der Waals surface area contributed by atoms with Crippen molar-refractivity contribution in [2.75, 3.05) is 0 Å². The molecule has 0 spiro atoms. The van der Waals surface area contributed by atoms with Crippen LogP contribution in [0.5, 0.6) is 0 Å². The molecule has 0 heterocycles. The molecule has 9 heavy (non-hydrogen) atoms. The first-order valence-electron chi connectivity index (χ1n) is 1.69. The van der Waals surface area contributed by atoms with Crippen LogP contribution >= 0.6 is 0 Å². The van der Waals surface area contributed by atoms with E-state index >= 15 is 0 Å². The molecule has 6 heteroatoms. The summed E-state index contributed by atoms with van der Waals surface area (Å²) in [4.78, 5) is 0. The Morgan fingerprint density at radius 3 is 1.44 bits per heavy atom. The number of rotatable bonds is 0. The molecule has 0 aromatic heterocycles. The lowest BCUT2D eigenvalue weighted by atomic mass is 10.6. The van der Waals surface area contributed by atoms with Gasteiger partial charge in [-0.15, -0.1) is 0 Å². The van der Waals surface area contributed by atoms with Crippen LogP contribution in [0.15, 0.2) is 11.3 Å². The molecule has 0 rings (SSSR count). The van der Waals surface area contributed by atoms with Crippen LogP contribution in [0.4, 0.5) is 22.0 Å². The van der Waals surface area contributed by atoms with Gasteiger partial charge in [0, 0.05) is 0 Å². The molecule has 0 atom stereocenters. The molecular weight excluding hydrogens is 159 g/mol. The molecule has 0 nitrogen and oxygen atoms in total. The van der Waals surface area contributed by atoms with Gasteiger partial charge >= 0.3 is 6.18 Å². The average molecular weight is 159 g/mol. The fourth-order valence-corrected chi connectivity index (χ4v) is 0.266. The minimum Gasteiger partial charge on any atom is -0.215 e. The maximum atomic E-state index is 11.4. The van der Waals surface area contributed by atoms with Crippen LogP contribution in [0.25, 0.3) is 0 Å². The van der Waals surface area contributed by atoms with Crippen LogP contribution in [0, 0.1) is 0 Å². The lowest BCUT2D eigenvalue weighted by molar-refractivity contribution is -0.110. The van der Waals surface area contributed by atoms with Gasteiger partial charge in [-0.1, -0.05) is 0 Å². The summed E-state index contributed by atoms with van der Waals surface area (Å²) in [5, 5.41) is 0. The Morgan fingerprint density at radius 2 is 1.44 bits per heavy atom. The van der Waals surface area contributed by atoms with E-state index in [1.54, 1.807) is 10.2 Å². The maximum absolute atomic E-state index is 11.4. The Bertz CT molecular complexity index is 130. The Hall–Kier alpha value is -0.393. The van der Waals surface area contributed by atoms with Crippen LogP contribution in [-0.2, 0) is 0 Å². The van der Waals surface area contributed by atoms with Gasteiger partial charge in [-0.25, -0.2) is 4.39 Å². The Kier molecular flexibility index (Phi) is 2.36. The molecule has 51 valence electrons. The van der Waals surface area contributed by atoms with Gasteiger partial charge in [-0.05, 0) is 0 Å². The summed E-state index contributed by atoms with van der Waals surface area (Å²) in [5.74, 6) is -2.75. The standard InChI is InChI=1S/C3F5Si/c4-1(2(5)9)3(6,7)8/b2-1-. The lowest BCUT2D eigenvalue weighted by Gasteiger charge is -2.00. The number of allylic oxidation sites excluding steroid dienone is 1. The normalized spacial score (nSPS) is 15.3.